The number of aliphatic carboxylic acids is 1. The molecule has 0 radical (unpaired) electrons. The van der Waals surface area contributed by atoms with Crippen molar-refractivity contribution in [2.45, 2.75) is 17.9 Å². The highest BCUT2D eigenvalue weighted by atomic mass is 32.2. The van der Waals surface area contributed by atoms with Crippen molar-refractivity contribution >= 4 is 16.0 Å². The third kappa shape index (κ3) is 2.18. The summed E-state index contributed by atoms with van der Waals surface area (Å²) >= 11 is 0. The lowest BCUT2D eigenvalue weighted by Gasteiger charge is -2.19. The van der Waals surface area contributed by atoms with Crippen LogP contribution < -0.4 is 0 Å². The van der Waals surface area contributed by atoms with Crippen LogP contribution in [0.25, 0.3) is 0 Å². The average Bonchev–Trinajstić information content (AvgIpc) is 2.68. The molecule has 0 saturated carbocycles. The largest absolute Gasteiger partial charge is 0.480 e. The number of carboxylic acids is 1. The molecule has 1 heterocycles. The second-order valence-electron chi connectivity index (χ2n) is 3.08. The Kier molecular flexibility index (Phi) is 3.15. The molecule has 1 unspecified atom stereocenters. The summed E-state index contributed by atoms with van der Waals surface area (Å²) in [6.07, 6.45) is 2.77. The third-order valence-electron chi connectivity index (χ3n) is 2.15. The van der Waals surface area contributed by atoms with Crippen LogP contribution in [0.5, 0.6) is 0 Å². The lowest BCUT2D eigenvalue weighted by Crippen LogP contribution is -2.40. The van der Waals surface area contributed by atoms with Gasteiger partial charge in [-0.15, -0.1) is 0 Å². The number of hydrogen-bond donors (Lipinski definition) is 2. The van der Waals surface area contributed by atoms with Gasteiger partial charge in [0.1, 0.15) is 6.04 Å². The standard InChI is InChI=1S/C8H12N2O4S/c1-6(8(11)12)10(2)15(13,14)7-3-4-9-5-7/h3-6,9H,1-2H3,(H,11,12). The molecule has 0 aromatic carbocycles. The maximum absolute atomic E-state index is 11.8. The third-order valence-corrected chi connectivity index (χ3v) is 4.07. The van der Waals surface area contributed by atoms with Crippen LogP contribution in [-0.2, 0) is 14.8 Å². The first kappa shape index (κ1) is 11.7. The van der Waals surface area contributed by atoms with Crippen molar-refractivity contribution in [1.82, 2.24) is 9.29 Å². The van der Waals surface area contributed by atoms with Gasteiger partial charge in [-0.05, 0) is 13.0 Å². The van der Waals surface area contributed by atoms with Crippen LogP contribution in [0.2, 0.25) is 0 Å². The quantitative estimate of drug-likeness (QED) is 0.770. The van der Waals surface area contributed by atoms with Crippen molar-refractivity contribution < 1.29 is 18.3 Å². The van der Waals surface area contributed by atoms with Gasteiger partial charge in [-0.25, -0.2) is 8.42 Å². The van der Waals surface area contributed by atoms with E-state index >= 15 is 0 Å². The fourth-order valence-electron chi connectivity index (χ4n) is 0.999. The Labute approximate surface area is 87.6 Å². The van der Waals surface area contributed by atoms with Gasteiger partial charge in [-0.2, -0.15) is 4.31 Å². The summed E-state index contributed by atoms with van der Waals surface area (Å²) in [6, 6.07) is 0.283. The highest BCUT2D eigenvalue weighted by Crippen LogP contribution is 2.15. The van der Waals surface area contributed by atoms with Crippen LogP contribution in [0.3, 0.4) is 0 Å². The number of nitrogens with one attached hydrogen (secondary N) is 1. The van der Waals surface area contributed by atoms with E-state index in [9.17, 15) is 13.2 Å². The van der Waals surface area contributed by atoms with Crippen LogP contribution >= 0.6 is 0 Å². The number of aromatic amines is 1. The van der Waals surface area contributed by atoms with E-state index in [-0.39, 0.29) is 4.90 Å². The lowest BCUT2D eigenvalue weighted by atomic mass is 10.4. The van der Waals surface area contributed by atoms with Crippen LogP contribution in [0, 0.1) is 0 Å². The van der Waals surface area contributed by atoms with E-state index in [1.54, 1.807) is 0 Å². The molecular weight excluding hydrogens is 220 g/mol. The fraction of sp³-hybridized carbons (Fsp3) is 0.375. The van der Waals surface area contributed by atoms with E-state index < -0.39 is 22.0 Å². The first-order valence-electron chi connectivity index (χ1n) is 4.21. The highest BCUT2D eigenvalue weighted by molar-refractivity contribution is 7.89. The van der Waals surface area contributed by atoms with E-state index in [1.807, 2.05) is 0 Å². The highest BCUT2D eigenvalue weighted by Gasteiger charge is 2.29. The number of carboxylic acid groups (broad SMARTS) is 1. The minimum absolute atomic E-state index is 0.0538. The van der Waals surface area contributed by atoms with Gasteiger partial charge in [-0.3, -0.25) is 4.79 Å². The Hall–Kier alpha value is -1.34. The van der Waals surface area contributed by atoms with E-state index in [1.165, 1.54) is 32.4 Å². The molecule has 1 atom stereocenters. The minimum Gasteiger partial charge on any atom is -0.480 e. The molecule has 0 saturated heterocycles. The topological polar surface area (TPSA) is 90.5 Å². The molecule has 84 valence electrons. The van der Waals surface area contributed by atoms with Gasteiger partial charge >= 0.3 is 5.97 Å². The number of likely N-dealkylation sites (N-methyl/N-ethyl adjacent to an activating group) is 1. The lowest BCUT2D eigenvalue weighted by molar-refractivity contribution is -0.140. The molecule has 7 heteroatoms. The van der Waals surface area contributed by atoms with Gasteiger partial charge in [0.15, 0.2) is 0 Å². The molecule has 0 spiro atoms. The van der Waals surface area contributed by atoms with E-state index in [4.69, 9.17) is 5.11 Å². The number of H-pyrrole nitrogens is 1. The maximum Gasteiger partial charge on any atom is 0.321 e. The van der Waals surface area contributed by atoms with Crippen molar-refractivity contribution in [3.8, 4) is 0 Å². The van der Waals surface area contributed by atoms with E-state index in [2.05, 4.69) is 4.98 Å². The number of nitrogens with zero attached hydrogens (tertiary/aromatic N) is 1. The second kappa shape index (κ2) is 4.03. The second-order valence-corrected chi connectivity index (χ2v) is 5.08. The molecule has 0 bridgehead atoms. The zero-order valence-electron chi connectivity index (χ0n) is 8.34. The number of carbonyl (C=O) groups is 1. The number of sulfonamides is 1. The van der Waals surface area contributed by atoms with Gasteiger partial charge in [0.05, 0.1) is 4.90 Å². The molecule has 6 nitrogen and oxygen atoms in total. The first-order valence-corrected chi connectivity index (χ1v) is 5.65. The molecule has 2 N–H and O–H groups in total. The fourth-order valence-corrected chi connectivity index (χ4v) is 2.30. The Morgan fingerprint density at radius 1 is 1.60 bits per heavy atom. The van der Waals surface area contributed by atoms with Crippen molar-refractivity contribution in [3.63, 3.8) is 0 Å². The molecule has 0 aliphatic carbocycles. The van der Waals surface area contributed by atoms with E-state index in [0.717, 1.165) is 4.31 Å². The number of hydrogen-bond acceptors (Lipinski definition) is 3. The summed E-state index contributed by atoms with van der Waals surface area (Å²) < 4.78 is 24.4. The van der Waals surface area contributed by atoms with Crippen molar-refractivity contribution in [1.29, 1.82) is 0 Å². The first-order chi connectivity index (χ1) is 6.87. The summed E-state index contributed by atoms with van der Waals surface area (Å²) in [5.74, 6) is -1.18. The van der Waals surface area contributed by atoms with Crippen molar-refractivity contribution in [3.05, 3.63) is 18.5 Å². The average molecular weight is 232 g/mol. The summed E-state index contributed by atoms with van der Waals surface area (Å²) in [5, 5.41) is 8.70. The maximum atomic E-state index is 11.8. The van der Waals surface area contributed by atoms with Crippen molar-refractivity contribution in [2.24, 2.45) is 0 Å². The van der Waals surface area contributed by atoms with Gasteiger partial charge in [0, 0.05) is 19.4 Å². The van der Waals surface area contributed by atoms with Crippen LogP contribution in [-0.4, -0.2) is 41.9 Å². The zero-order chi connectivity index (χ0) is 11.6. The molecule has 1 aromatic rings. The molecule has 1 aromatic heterocycles. The number of aromatic nitrogens is 1. The Morgan fingerprint density at radius 2 is 2.20 bits per heavy atom. The molecule has 0 fully saturated rings. The van der Waals surface area contributed by atoms with Gasteiger partial charge < -0.3 is 10.1 Å². The molecule has 15 heavy (non-hydrogen) atoms. The Balaban J connectivity index is 3.03. The number of rotatable bonds is 4. The van der Waals surface area contributed by atoms with Crippen LogP contribution in [0.15, 0.2) is 23.4 Å². The summed E-state index contributed by atoms with van der Waals surface area (Å²) in [6.45, 7) is 1.31. The monoisotopic (exact) mass is 232 g/mol. The van der Waals surface area contributed by atoms with E-state index in [0.29, 0.717) is 0 Å². The van der Waals surface area contributed by atoms with Crippen molar-refractivity contribution in [2.75, 3.05) is 7.05 Å². The smallest absolute Gasteiger partial charge is 0.321 e. The summed E-state index contributed by atoms with van der Waals surface area (Å²) in [4.78, 5) is 13.3. The molecule has 1 rings (SSSR count). The Morgan fingerprint density at radius 3 is 2.60 bits per heavy atom. The van der Waals surface area contributed by atoms with Gasteiger partial charge in [-0.1, -0.05) is 0 Å². The molecule has 0 aliphatic rings. The molecular formula is C8H12N2O4S. The van der Waals surface area contributed by atoms with Crippen LogP contribution in [0.4, 0.5) is 0 Å². The predicted octanol–water partition coefficient (Wildman–Crippen LogP) is 0.108. The molecule has 0 aliphatic heterocycles. The zero-order valence-corrected chi connectivity index (χ0v) is 9.15. The normalized spacial score (nSPS) is 14.1. The SMILES string of the molecule is CC(C(=O)O)N(C)S(=O)(=O)c1cc[nH]c1. The predicted molar refractivity (Wildman–Crippen MR) is 52.8 cm³/mol. The van der Waals surface area contributed by atoms with Gasteiger partial charge in [0.25, 0.3) is 0 Å². The Bertz CT molecular complexity index is 437. The minimum atomic E-state index is -3.72. The van der Waals surface area contributed by atoms with Gasteiger partial charge in [0.2, 0.25) is 10.0 Å². The summed E-state index contributed by atoms with van der Waals surface area (Å²) in [7, 11) is -2.48. The summed E-state index contributed by atoms with van der Waals surface area (Å²) in [5.41, 5.74) is 0. The molecule has 0 amide bonds. The van der Waals surface area contributed by atoms with Crippen LogP contribution in [0.1, 0.15) is 6.92 Å².